The molecule has 106 valence electrons. The van der Waals surface area contributed by atoms with Gasteiger partial charge in [0.15, 0.2) is 0 Å². The van der Waals surface area contributed by atoms with Crippen LogP contribution in [0.2, 0.25) is 0 Å². The summed E-state index contributed by atoms with van der Waals surface area (Å²) in [5, 5.41) is 6.43. The second kappa shape index (κ2) is 7.74. The Balaban J connectivity index is 2.25. The second-order valence-electron chi connectivity index (χ2n) is 5.39. The summed E-state index contributed by atoms with van der Waals surface area (Å²) in [6.07, 6.45) is 5.19. The van der Waals surface area contributed by atoms with Crippen molar-refractivity contribution in [1.82, 2.24) is 10.6 Å². The lowest BCUT2D eigenvalue weighted by Crippen LogP contribution is -2.53. The topological polar surface area (TPSA) is 50.4 Å². The van der Waals surface area contributed by atoms with Gasteiger partial charge in [0.25, 0.3) is 0 Å². The number of amides is 1. The normalized spacial score (nSPS) is 23.6. The van der Waals surface area contributed by atoms with E-state index in [2.05, 4.69) is 17.6 Å². The predicted molar refractivity (Wildman–Crippen MR) is 73.6 cm³/mol. The van der Waals surface area contributed by atoms with Gasteiger partial charge >= 0.3 is 0 Å². The van der Waals surface area contributed by atoms with E-state index in [1.165, 1.54) is 0 Å². The van der Waals surface area contributed by atoms with E-state index in [0.717, 1.165) is 38.6 Å². The smallest absolute Gasteiger partial charge is 0.240 e. The molecule has 1 fully saturated rings. The average Bonchev–Trinajstić information content (AvgIpc) is 2.78. The Morgan fingerprint density at radius 3 is 2.83 bits per heavy atom. The van der Waals surface area contributed by atoms with Gasteiger partial charge in [-0.05, 0) is 46.1 Å². The molecule has 0 spiro atoms. The van der Waals surface area contributed by atoms with E-state index in [4.69, 9.17) is 4.74 Å². The maximum Gasteiger partial charge on any atom is 0.240 e. The maximum absolute atomic E-state index is 12.2. The van der Waals surface area contributed by atoms with Crippen LogP contribution in [0.3, 0.4) is 0 Å². The van der Waals surface area contributed by atoms with Gasteiger partial charge in [0.1, 0.15) is 0 Å². The zero-order valence-corrected chi connectivity index (χ0v) is 12.1. The van der Waals surface area contributed by atoms with E-state index in [0.29, 0.717) is 13.2 Å². The molecule has 1 heterocycles. The summed E-state index contributed by atoms with van der Waals surface area (Å²) in [6, 6.07) is 0. The largest absolute Gasteiger partial charge is 0.379 e. The van der Waals surface area contributed by atoms with Crippen LogP contribution < -0.4 is 10.6 Å². The Morgan fingerprint density at radius 2 is 2.28 bits per heavy atom. The first-order valence-electron chi connectivity index (χ1n) is 7.25. The summed E-state index contributed by atoms with van der Waals surface area (Å²) in [5.74, 6) is 0.173. The molecule has 2 N–H and O–H groups in total. The highest BCUT2D eigenvalue weighted by Crippen LogP contribution is 2.24. The monoisotopic (exact) mass is 256 g/mol. The molecule has 4 nitrogen and oxygen atoms in total. The molecule has 0 aromatic heterocycles. The minimum absolute atomic E-state index is 0.173. The molecular weight excluding hydrogens is 228 g/mol. The number of hydrogen-bond acceptors (Lipinski definition) is 3. The fourth-order valence-electron chi connectivity index (χ4n) is 2.52. The Kier molecular flexibility index (Phi) is 6.65. The molecule has 0 bridgehead atoms. The SMILES string of the molecule is CCCC1(C(=O)NCCCOC(C)C)CCCN1. The molecule has 18 heavy (non-hydrogen) atoms. The standard InChI is InChI=1S/C14H28N2O2/c1-4-7-14(8-5-10-16-14)13(17)15-9-6-11-18-12(2)3/h12,16H,4-11H2,1-3H3,(H,15,17). The van der Waals surface area contributed by atoms with Gasteiger partial charge in [0.2, 0.25) is 5.91 Å². The fraction of sp³-hybridized carbons (Fsp3) is 0.929. The zero-order valence-electron chi connectivity index (χ0n) is 12.1. The minimum atomic E-state index is -0.298. The summed E-state index contributed by atoms with van der Waals surface area (Å²) in [7, 11) is 0. The van der Waals surface area contributed by atoms with Gasteiger partial charge < -0.3 is 15.4 Å². The quantitative estimate of drug-likeness (QED) is 0.652. The molecule has 1 unspecified atom stereocenters. The molecule has 1 saturated heterocycles. The number of nitrogens with one attached hydrogen (secondary N) is 2. The number of hydrogen-bond donors (Lipinski definition) is 2. The first-order valence-corrected chi connectivity index (χ1v) is 7.25. The van der Waals surface area contributed by atoms with E-state index in [1.54, 1.807) is 0 Å². The molecule has 1 aliphatic rings. The van der Waals surface area contributed by atoms with Crippen molar-refractivity contribution in [2.24, 2.45) is 0 Å². The fourth-order valence-corrected chi connectivity index (χ4v) is 2.52. The van der Waals surface area contributed by atoms with Crippen LogP contribution in [0, 0.1) is 0 Å². The highest BCUT2D eigenvalue weighted by atomic mass is 16.5. The lowest BCUT2D eigenvalue weighted by molar-refractivity contribution is -0.127. The van der Waals surface area contributed by atoms with Gasteiger partial charge in [-0.3, -0.25) is 4.79 Å². The summed E-state index contributed by atoms with van der Waals surface area (Å²) >= 11 is 0. The predicted octanol–water partition coefficient (Wildman–Crippen LogP) is 1.84. The van der Waals surface area contributed by atoms with Crippen molar-refractivity contribution in [3.05, 3.63) is 0 Å². The molecule has 0 saturated carbocycles. The molecule has 0 radical (unpaired) electrons. The third kappa shape index (κ3) is 4.58. The van der Waals surface area contributed by atoms with E-state index in [9.17, 15) is 4.79 Å². The summed E-state index contributed by atoms with van der Waals surface area (Å²) in [6.45, 7) is 8.56. The molecule has 0 aromatic carbocycles. The van der Waals surface area contributed by atoms with E-state index in [1.807, 2.05) is 13.8 Å². The van der Waals surface area contributed by atoms with Gasteiger partial charge in [-0.25, -0.2) is 0 Å². The third-order valence-electron chi connectivity index (χ3n) is 3.41. The van der Waals surface area contributed by atoms with Crippen LogP contribution in [-0.4, -0.2) is 37.2 Å². The highest BCUT2D eigenvalue weighted by molar-refractivity contribution is 5.86. The van der Waals surface area contributed by atoms with Gasteiger partial charge in [-0.15, -0.1) is 0 Å². The lowest BCUT2D eigenvalue weighted by Gasteiger charge is -2.27. The maximum atomic E-state index is 12.2. The lowest BCUT2D eigenvalue weighted by atomic mass is 9.91. The average molecular weight is 256 g/mol. The Labute approximate surface area is 111 Å². The van der Waals surface area contributed by atoms with Crippen molar-refractivity contribution in [2.75, 3.05) is 19.7 Å². The summed E-state index contributed by atoms with van der Waals surface area (Å²) in [5.41, 5.74) is -0.298. The number of carbonyl (C=O) groups excluding carboxylic acids is 1. The minimum Gasteiger partial charge on any atom is -0.379 e. The Bertz CT molecular complexity index is 248. The Hall–Kier alpha value is -0.610. The second-order valence-corrected chi connectivity index (χ2v) is 5.39. The van der Waals surface area contributed by atoms with E-state index in [-0.39, 0.29) is 17.6 Å². The van der Waals surface area contributed by atoms with Crippen LogP contribution in [0.5, 0.6) is 0 Å². The van der Waals surface area contributed by atoms with Crippen molar-refractivity contribution < 1.29 is 9.53 Å². The van der Waals surface area contributed by atoms with Crippen LogP contribution in [0.4, 0.5) is 0 Å². The summed E-state index contributed by atoms with van der Waals surface area (Å²) in [4.78, 5) is 12.2. The number of rotatable bonds is 8. The van der Waals surface area contributed by atoms with Gasteiger partial charge in [-0.1, -0.05) is 13.3 Å². The van der Waals surface area contributed by atoms with Crippen molar-refractivity contribution in [3.8, 4) is 0 Å². The highest BCUT2D eigenvalue weighted by Gasteiger charge is 2.39. The summed E-state index contributed by atoms with van der Waals surface area (Å²) < 4.78 is 5.45. The Morgan fingerprint density at radius 1 is 1.50 bits per heavy atom. The molecule has 1 aliphatic heterocycles. The van der Waals surface area contributed by atoms with Gasteiger partial charge in [0, 0.05) is 13.2 Å². The molecule has 1 amide bonds. The van der Waals surface area contributed by atoms with Gasteiger partial charge in [0.05, 0.1) is 11.6 Å². The van der Waals surface area contributed by atoms with E-state index >= 15 is 0 Å². The molecule has 1 atom stereocenters. The number of ether oxygens (including phenoxy) is 1. The van der Waals surface area contributed by atoms with Crippen molar-refractivity contribution in [2.45, 2.75) is 64.5 Å². The van der Waals surface area contributed by atoms with Crippen molar-refractivity contribution >= 4 is 5.91 Å². The molecule has 1 rings (SSSR count). The first kappa shape index (κ1) is 15.4. The van der Waals surface area contributed by atoms with Crippen LogP contribution in [0.25, 0.3) is 0 Å². The first-order chi connectivity index (χ1) is 8.60. The molecule has 0 aromatic rings. The van der Waals surface area contributed by atoms with Crippen LogP contribution in [0.15, 0.2) is 0 Å². The van der Waals surface area contributed by atoms with Crippen LogP contribution in [0.1, 0.15) is 52.9 Å². The van der Waals surface area contributed by atoms with Gasteiger partial charge in [-0.2, -0.15) is 0 Å². The zero-order chi connectivity index (χ0) is 13.4. The van der Waals surface area contributed by atoms with Crippen molar-refractivity contribution in [3.63, 3.8) is 0 Å². The molecular formula is C14H28N2O2. The van der Waals surface area contributed by atoms with Crippen LogP contribution in [-0.2, 0) is 9.53 Å². The third-order valence-corrected chi connectivity index (χ3v) is 3.41. The number of carbonyl (C=O) groups is 1. The molecule has 4 heteroatoms. The molecule has 0 aliphatic carbocycles. The van der Waals surface area contributed by atoms with Crippen LogP contribution >= 0.6 is 0 Å². The van der Waals surface area contributed by atoms with E-state index < -0.39 is 0 Å². The van der Waals surface area contributed by atoms with Crippen molar-refractivity contribution in [1.29, 1.82) is 0 Å².